The Morgan fingerprint density at radius 2 is 1.74 bits per heavy atom. The molecule has 1 aromatic carbocycles. The fraction of sp³-hybridized carbons (Fsp3) is 0.478. The van der Waals surface area contributed by atoms with Crippen molar-refractivity contribution >= 4 is 17.6 Å². The Labute approximate surface area is 183 Å². The van der Waals surface area contributed by atoms with Crippen molar-refractivity contribution in [2.45, 2.75) is 46.6 Å². The maximum atomic E-state index is 13.0. The van der Waals surface area contributed by atoms with E-state index in [4.69, 9.17) is 5.73 Å². The topological polar surface area (TPSA) is 92.6 Å². The van der Waals surface area contributed by atoms with Gasteiger partial charge in [0.1, 0.15) is 0 Å². The normalized spacial score (nSPS) is 15.2. The van der Waals surface area contributed by atoms with Crippen molar-refractivity contribution in [1.82, 2.24) is 29.4 Å². The molecule has 31 heavy (non-hydrogen) atoms. The smallest absolute Gasteiger partial charge is 0.254 e. The summed E-state index contributed by atoms with van der Waals surface area (Å²) < 4.78 is 1.62. The van der Waals surface area contributed by atoms with Crippen LogP contribution in [0.15, 0.2) is 24.3 Å². The highest BCUT2D eigenvalue weighted by molar-refractivity contribution is 5.79. The van der Waals surface area contributed by atoms with E-state index >= 15 is 0 Å². The van der Waals surface area contributed by atoms with Crippen LogP contribution in [-0.2, 0) is 17.8 Å². The molecule has 0 bridgehead atoms. The van der Waals surface area contributed by atoms with Crippen LogP contribution < -0.4 is 5.73 Å². The summed E-state index contributed by atoms with van der Waals surface area (Å²) in [6.45, 7) is 12.4. The Morgan fingerprint density at radius 1 is 1.06 bits per heavy atom. The van der Waals surface area contributed by atoms with Crippen molar-refractivity contribution in [3.63, 3.8) is 0 Å². The number of hydrogen-bond acceptors (Lipinski definition) is 6. The van der Waals surface area contributed by atoms with Gasteiger partial charge in [0, 0.05) is 49.7 Å². The summed E-state index contributed by atoms with van der Waals surface area (Å²) in [5, 5.41) is 4.19. The number of aryl methyl sites for hydroxylation is 2. The lowest BCUT2D eigenvalue weighted by atomic mass is 10.0. The molecule has 0 saturated carbocycles. The number of nitrogens with two attached hydrogens (primary N) is 1. The predicted molar refractivity (Wildman–Crippen MR) is 121 cm³/mol. The molecule has 1 saturated heterocycles. The van der Waals surface area contributed by atoms with Crippen molar-refractivity contribution in [3.05, 3.63) is 52.3 Å². The van der Waals surface area contributed by atoms with Gasteiger partial charge in [-0.1, -0.05) is 38.1 Å². The molecule has 1 amide bonds. The first kappa shape index (κ1) is 21.2. The molecule has 3 aromatic rings. The zero-order chi connectivity index (χ0) is 22.1. The predicted octanol–water partition coefficient (Wildman–Crippen LogP) is 2.33. The number of hydrogen-bond donors (Lipinski definition) is 1. The van der Waals surface area contributed by atoms with Crippen LogP contribution in [-0.4, -0.2) is 61.5 Å². The lowest BCUT2D eigenvalue weighted by molar-refractivity contribution is -0.132. The molecule has 2 aromatic heterocycles. The van der Waals surface area contributed by atoms with Crippen LogP contribution in [0.3, 0.4) is 0 Å². The van der Waals surface area contributed by atoms with E-state index in [1.165, 1.54) is 11.1 Å². The fourth-order valence-electron chi connectivity index (χ4n) is 4.16. The Bertz CT molecular complexity index is 1080. The van der Waals surface area contributed by atoms with Gasteiger partial charge in [0.15, 0.2) is 0 Å². The number of carbonyl (C=O) groups is 1. The third-order valence-corrected chi connectivity index (χ3v) is 6.17. The molecule has 0 spiro atoms. The van der Waals surface area contributed by atoms with Crippen LogP contribution in [0.1, 0.15) is 47.8 Å². The average Bonchev–Trinajstić information content (AvgIpc) is 3.12. The standard InChI is InChI=1S/C23H31N7O/c1-15(2)19-7-5-18(6-8-19)14-28-9-11-29(12-10-28)21(31)13-20-16(3)25-23-26-22(24)27-30(23)17(20)4/h5-8,15H,9-14H2,1-4H3,(H2,24,27). The molecular formula is C23H31N7O. The SMILES string of the molecule is Cc1nc2nc(N)nn2c(C)c1CC(=O)N1CCN(Cc2ccc(C(C)C)cc2)CC1. The summed E-state index contributed by atoms with van der Waals surface area (Å²) in [7, 11) is 0. The summed E-state index contributed by atoms with van der Waals surface area (Å²) >= 11 is 0. The Morgan fingerprint density at radius 3 is 2.39 bits per heavy atom. The molecule has 3 heterocycles. The third-order valence-electron chi connectivity index (χ3n) is 6.17. The quantitative estimate of drug-likeness (QED) is 0.680. The van der Waals surface area contributed by atoms with Crippen LogP contribution in [0, 0.1) is 13.8 Å². The second kappa shape index (κ2) is 8.63. The minimum atomic E-state index is 0.126. The third kappa shape index (κ3) is 4.54. The minimum Gasteiger partial charge on any atom is -0.366 e. The average molecular weight is 422 g/mol. The maximum Gasteiger partial charge on any atom is 0.254 e. The highest BCUT2D eigenvalue weighted by Crippen LogP contribution is 2.18. The van der Waals surface area contributed by atoms with Crippen molar-refractivity contribution in [3.8, 4) is 0 Å². The number of carbonyl (C=O) groups excluding carboxylic acids is 1. The van der Waals surface area contributed by atoms with E-state index in [0.29, 0.717) is 18.1 Å². The molecule has 0 unspecified atom stereocenters. The number of anilines is 1. The number of fused-ring (bicyclic) bond motifs is 1. The second-order valence-electron chi connectivity index (χ2n) is 8.67. The molecule has 0 aliphatic carbocycles. The summed E-state index contributed by atoms with van der Waals surface area (Å²) in [6, 6.07) is 8.88. The lowest BCUT2D eigenvalue weighted by Crippen LogP contribution is -2.48. The summed E-state index contributed by atoms with van der Waals surface area (Å²) in [6.07, 6.45) is 0.317. The number of piperazine rings is 1. The highest BCUT2D eigenvalue weighted by Gasteiger charge is 2.23. The fourth-order valence-corrected chi connectivity index (χ4v) is 4.16. The number of benzene rings is 1. The van der Waals surface area contributed by atoms with Gasteiger partial charge in [-0.2, -0.15) is 9.50 Å². The molecule has 8 nitrogen and oxygen atoms in total. The summed E-state index contributed by atoms with van der Waals surface area (Å²) in [5.74, 6) is 1.34. The van der Waals surface area contributed by atoms with E-state index in [9.17, 15) is 4.79 Å². The lowest BCUT2D eigenvalue weighted by Gasteiger charge is -2.35. The number of nitrogens with zero attached hydrogens (tertiary/aromatic N) is 6. The zero-order valence-corrected chi connectivity index (χ0v) is 18.8. The van der Waals surface area contributed by atoms with E-state index < -0.39 is 0 Å². The van der Waals surface area contributed by atoms with Gasteiger partial charge < -0.3 is 10.6 Å². The van der Waals surface area contributed by atoms with Crippen LogP contribution in [0.5, 0.6) is 0 Å². The van der Waals surface area contributed by atoms with Crippen molar-refractivity contribution < 1.29 is 4.79 Å². The van der Waals surface area contributed by atoms with Gasteiger partial charge in [-0.25, -0.2) is 4.98 Å². The minimum absolute atomic E-state index is 0.126. The van der Waals surface area contributed by atoms with Crippen LogP contribution in [0.4, 0.5) is 5.95 Å². The molecular weight excluding hydrogens is 390 g/mol. The first-order valence-electron chi connectivity index (χ1n) is 10.9. The highest BCUT2D eigenvalue weighted by atomic mass is 16.2. The largest absolute Gasteiger partial charge is 0.366 e. The summed E-state index contributed by atoms with van der Waals surface area (Å²) in [4.78, 5) is 25.9. The van der Waals surface area contributed by atoms with E-state index in [1.807, 2.05) is 18.7 Å². The molecule has 1 aliphatic heterocycles. The van der Waals surface area contributed by atoms with Gasteiger partial charge in [-0.15, -0.1) is 5.10 Å². The Hall–Kier alpha value is -3.00. The van der Waals surface area contributed by atoms with Crippen LogP contribution >= 0.6 is 0 Å². The molecule has 4 rings (SSSR count). The molecule has 164 valence electrons. The maximum absolute atomic E-state index is 13.0. The Balaban J connectivity index is 1.36. The van der Waals surface area contributed by atoms with Gasteiger partial charge in [0.05, 0.1) is 6.42 Å². The van der Waals surface area contributed by atoms with Crippen LogP contribution in [0.2, 0.25) is 0 Å². The molecule has 1 aliphatic rings. The second-order valence-corrected chi connectivity index (χ2v) is 8.67. The van der Waals surface area contributed by atoms with Gasteiger partial charge >= 0.3 is 0 Å². The molecule has 2 N–H and O–H groups in total. The van der Waals surface area contributed by atoms with Crippen molar-refractivity contribution in [1.29, 1.82) is 0 Å². The number of nitrogen functional groups attached to an aromatic ring is 1. The molecule has 0 radical (unpaired) electrons. The van der Waals surface area contributed by atoms with Gasteiger partial charge in [0.25, 0.3) is 5.78 Å². The molecule has 0 atom stereocenters. The monoisotopic (exact) mass is 421 g/mol. The van der Waals surface area contributed by atoms with E-state index in [1.54, 1.807) is 4.52 Å². The van der Waals surface area contributed by atoms with Gasteiger partial charge in [-0.3, -0.25) is 9.69 Å². The summed E-state index contributed by atoms with van der Waals surface area (Å²) in [5.41, 5.74) is 11.0. The van der Waals surface area contributed by atoms with Crippen molar-refractivity contribution in [2.75, 3.05) is 31.9 Å². The van der Waals surface area contributed by atoms with Gasteiger partial charge in [0.2, 0.25) is 11.9 Å². The van der Waals surface area contributed by atoms with Crippen molar-refractivity contribution in [2.24, 2.45) is 0 Å². The number of rotatable bonds is 5. The number of aromatic nitrogens is 4. The van der Waals surface area contributed by atoms with Crippen LogP contribution in [0.25, 0.3) is 5.78 Å². The van der Waals surface area contributed by atoms with E-state index in [0.717, 1.165) is 49.7 Å². The first-order chi connectivity index (χ1) is 14.8. The number of amides is 1. The molecule has 1 fully saturated rings. The van der Waals surface area contributed by atoms with E-state index in [-0.39, 0.29) is 11.9 Å². The Kier molecular flexibility index (Phi) is 5.91. The van der Waals surface area contributed by atoms with Gasteiger partial charge in [-0.05, 0) is 30.9 Å². The molecule has 8 heteroatoms. The first-order valence-corrected chi connectivity index (χ1v) is 10.9. The zero-order valence-electron chi connectivity index (χ0n) is 18.8. The van der Waals surface area contributed by atoms with E-state index in [2.05, 4.69) is 58.1 Å².